The van der Waals surface area contributed by atoms with Gasteiger partial charge in [0.05, 0.1) is 0 Å². The number of rotatable bonds is 3. The lowest BCUT2D eigenvalue weighted by atomic mass is 10.3. The van der Waals surface area contributed by atoms with Gasteiger partial charge in [-0.3, -0.25) is 0 Å². The van der Waals surface area contributed by atoms with Gasteiger partial charge in [0, 0.05) is 16.2 Å². The van der Waals surface area contributed by atoms with Crippen LogP contribution in [-0.4, -0.2) is 4.98 Å². The molecule has 2 aromatic rings. The Labute approximate surface area is 112 Å². The van der Waals surface area contributed by atoms with E-state index in [1.807, 2.05) is 0 Å². The Morgan fingerprint density at radius 1 is 1.35 bits per heavy atom. The number of nitrogens with zero attached hydrogens (tertiary/aromatic N) is 1. The molecular formula is C12H8BrClFNO. The molecule has 0 saturated carbocycles. The van der Waals surface area contributed by atoms with Gasteiger partial charge in [0.1, 0.15) is 11.8 Å². The van der Waals surface area contributed by atoms with Crippen molar-refractivity contribution in [1.29, 1.82) is 0 Å². The molecule has 0 bridgehead atoms. The van der Waals surface area contributed by atoms with Crippen molar-refractivity contribution >= 4 is 27.5 Å². The van der Waals surface area contributed by atoms with E-state index >= 15 is 0 Å². The second-order valence-electron chi connectivity index (χ2n) is 3.32. The fourth-order valence-electron chi connectivity index (χ4n) is 1.27. The molecule has 0 aliphatic heterocycles. The maximum absolute atomic E-state index is 13.4. The lowest BCUT2D eigenvalue weighted by Gasteiger charge is -2.08. The summed E-state index contributed by atoms with van der Waals surface area (Å²) in [5.74, 6) is -0.229. The minimum absolute atomic E-state index is 0.180. The molecule has 0 unspecified atom stereocenters. The van der Waals surface area contributed by atoms with Crippen molar-refractivity contribution in [2.45, 2.75) is 6.61 Å². The topological polar surface area (TPSA) is 22.1 Å². The third-order valence-electron chi connectivity index (χ3n) is 2.11. The van der Waals surface area contributed by atoms with E-state index < -0.39 is 5.82 Å². The van der Waals surface area contributed by atoms with Crippen molar-refractivity contribution < 1.29 is 9.13 Å². The van der Waals surface area contributed by atoms with Crippen molar-refractivity contribution in [3.05, 3.63) is 57.5 Å². The molecule has 1 heterocycles. The van der Waals surface area contributed by atoms with Gasteiger partial charge in [-0.2, -0.15) is 0 Å². The summed E-state index contributed by atoms with van der Waals surface area (Å²) in [6.07, 6.45) is 1.59. The second-order valence-corrected chi connectivity index (χ2v) is 4.59. The summed E-state index contributed by atoms with van der Waals surface area (Å²) in [6.45, 7) is 0.181. The smallest absolute Gasteiger partial charge is 0.165 e. The van der Waals surface area contributed by atoms with Crippen LogP contribution in [0, 0.1) is 5.82 Å². The highest BCUT2D eigenvalue weighted by Crippen LogP contribution is 2.24. The highest BCUT2D eigenvalue weighted by atomic mass is 79.9. The van der Waals surface area contributed by atoms with Crippen LogP contribution in [0.5, 0.6) is 5.75 Å². The summed E-state index contributed by atoms with van der Waals surface area (Å²) >= 11 is 9.12. The minimum Gasteiger partial charge on any atom is -0.486 e. The molecular weight excluding hydrogens is 308 g/mol. The number of hydrogen-bond acceptors (Lipinski definition) is 2. The minimum atomic E-state index is -0.409. The van der Waals surface area contributed by atoms with Gasteiger partial charge in [-0.15, -0.1) is 0 Å². The summed E-state index contributed by atoms with van der Waals surface area (Å²) < 4.78 is 19.5. The lowest BCUT2D eigenvalue weighted by Crippen LogP contribution is -1.98. The van der Waals surface area contributed by atoms with Gasteiger partial charge in [0.2, 0.25) is 0 Å². The molecule has 2 nitrogen and oxygen atoms in total. The van der Waals surface area contributed by atoms with Crippen molar-refractivity contribution in [2.75, 3.05) is 0 Å². The zero-order valence-electron chi connectivity index (χ0n) is 8.66. The predicted octanol–water partition coefficient (Wildman–Crippen LogP) is 4.22. The van der Waals surface area contributed by atoms with E-state index in [2.05, 4.69) is 20.9 Å². The van der Waals surface area contributed by atoms with Crippen LogP contribution in [-0.2, 0) is 6.61 Å². The molecule has 2 rings (SSSR count). The van der Waals surface area contributed by atoms with Crippen molar-refractivity contribution in [3.8, 4) is 5.75 Å². The van der Waals surface area contributed by atoms with Crippen molar-refractivity contribution in [2.24, 2.45) is 0 Å². The largest absolute Gasteiger partial charge is 0.486 e. The van der Waals surface area contributed by atoms with Gasteiger partial charge in [0.25, 0.3) is 0 Å². The number of benzene rings is 1. The van der Waals surface area contributed by atoms with Crippen LogP contribution in [0.3, 0.4) is 0 Å². The molecule has 88 valence electrons. The average Bonchev–Trinajstić information content (AvgIpc) is 2.32. The van der Waals surface area contributed by atoms with Gasteiger partial charge in [-0.05, 0) is 24.3 Å². The fourth-order valence-corrected chi connectivity index (χ4v) is 1.78. The van der Waals surface area contributed by atoms with Crippen molar-refractivity contribution in [3.63, 3.8) is 0 Å². The Bertz CT molecular complexity index is 536. The first kappa shape index (κ1) is 12.3. The van der Waals surface area contributed by atoms with Crippen LogP contribution >= 0.6 is 27.5 Å². The lowest BCUT2D eigenvalue weighted by molar-refractivity contribution is 0.290. The molecule has 0 fully saturated rings. The molecule has 0 aliphatic carbocycles. The number of pyridine rings is 1. The maximum Gasteiger partial charge on any atom is 0.165 e. The van der Waals surface area contributed by atoms with E-state index in [1.54, 1.807) is 30.5 Å². The summed E-state index contributed by atoms with van der Waals surface area (Å²) in [5.41, 5.74) is 0.716. The predicted molar refractivity (Wildman–Crippen MR) is 67.7 cm³/mol. The van der Waals surface area contributed by atoms with Crippen molar-refractivity contribution in [1.82, 2.24) is 4.98 Å². The molecule has 0 aliphatic rings. The van der Waals surface area contributed by atoms with Gasteiger partial charge in [0.15, 0.2) is 11.6 Å². The molecule has 0 amide bonds. The Balaban J connectivity index is 2.12. The first-order chi connectivity index (χ1) is 8.16. The molecule has 1 aromatic carbocycles. The van der Waals surface area contributed by atoms with E-state index in [0.29, 0.717) is 10.7 Å². The van der Waals surface area contributed by atoms with Crippen LogP contribution < -0.4 is 4.74 Å². The van der Waals surface area contributed by atoms with Gasteiger partial charge in [-0.1, -0.05) is 33.6 Å². The van der Waals surface area contributed by atoms with Crippen LogP contribution in [0.1, 0.15) is 5.56 Å². The average molecular weight is 317 g/mol. The number of aromatic nitrogens is 1. The molecule has 17 heavy (non-hydrogen) atoms. The van der Waals surface area contributed by atoms with Gasteiger partial charge < -0.3 is 4.74 Å². The van der Waals surface area contributed by atoms with Gasteiger partial charge >= 0.3 is 0 Å². The van der Waals surface area contributed by atoms with Gasteiger partial charge in [-0.25, -0.2) is 9.37 Å². The summed E-state index contributed by atoms with van der Waals surface area (Å²) in [7, 11) is 0. The van der Waals surface area contributed by atoms with Crippen LogP contribution in [0.4, 0.5) is 4.39 Å². The van der Waals surface area contributed by atoms with E-state index in [0.717, 1.165) is 4.47 Å². The third kappa shape index (κ3) is 3.17. The SMILES string of the molecule is Fc1ccc(Br)cc1OCc1cccnc1Cl. The number of halogens is 3. The monoisotopic (exact) mass is 315 g/mol. The standard InChI is InChI=1S/C12H8BrClFNO/c13-9-3-4-10(15)11(6-9)17-7-8-2-1-5-16-12(8)14/h1-6H,7H2. The highest BCUT2D eigenvalue weighted by molar-refractivity contribution is 9.10. The molecule has 5 heteroatoms. The van der Waals surface area contributed by atoms with E-state index in [1.165, 1.54) is 6.07 Å². The Kier molecular flexibility index (Phi) is 3.97. The van der Waals surface area contributed by atoms with E-state index in [9.17, 15) is 4.39 Å². The van der Waals surface area contributed by atoms with Crippen LogP contribution in [0.2, 0.25) is 5.15 Å². The Morgan fingerprint density at radius 3 is 2.94 bits per heavy atom. The molecule has 0 radical (unpaired) electrons. The summed E-state index contributed by atoms with van der Waals surface area (Å²) in [4.78, 5) is 3.91. The fraction of sp³-hybridized carbons (Fsp3) is 0.0833. The number of hydrogen-bond donors (Lipinski definition) is 0. The van der Waals surface area contributed by atoms with E-state index in [-0.39, 0.29) is 12.4 Å². The molecule has 0 atom stereocenters. The van der Waals surface area contributed by atoms with Crippen LogP contribution in [0.25, 0.3) is 0 Å². The third-order valence-corrected chi connectivity index (χ3v) is 2.95. The highest BCUT2D eigenvalue weighted by Gasteiger charge is 2.06. The molecule has 0 spiro atoms. The Morgan fingerprint density at radius 2 is 2.18 bits per heavy atom. The molecule has 1 aromatic heterocycles. The summed E-state index contributed by atoms with van der Waals surface area (Å²) in [6, 6.07) is 8.05. The molecule has 0 saturated heterocycles. The first-order valence-corrected chi connectivity index (χ1v) is 6.01. The van der Waals surface area contributed by atoms with Crippen LogP contribution in [0.15, 0.2) is 41.0 Å². The first-order valence-electron chi connectivity index (χ1n) is 4.84. The normalized spacial score (nSPS) is 10.3. The maximum atomic E-state index is 13.4. The van der Waals surface area contributed by atoms with E-state index in [4.69, 9.17) is 16.3 Å². The summed E-state index contributed by atoms with van der Waals surface area (Å²) in [5, 5.41) is 0.364. The zero-order valence-corrected chi connectivity index (χ0v) is 11.0. The zero-order chi connectivity index (χ0) is 12.3. The molecule has 0 N–H and O–H groups in total. The second kappa shape index (κ2) is 5.47. The Hall–Kier alpha value is -1.13. The number of ether oxygens (including phenoxy) is 1. The quantitative estimate of drug-likeness (QED) is 0.791.